The minimum absolute atomic E-state index is 0.117. The molecule has 0 saturated heterocycles. The van der Waals surface area contributed by atoms with Crippen molar-refractivity contribution in [1.82, 2.24) is 0 Å². The number of rotatable bonds is 3. The third kappa shape index (κ3) is 2.92. The molecule has 0 aromatic heterocycles. The van der Waals surface area contributed by atoms with Gasteiger partial charge >= 0.3 is 6.09 Å². The summed E-state index contributed by atoms with van der Waals surface area (Å²) in [4.78, 5) is 10.4. The van der Waals surface area contributed by atoms with E-state index in [2.05, 4.69) is 20.7 Å². The van der Waals surface area contributed by atoms with E-state index < -0.39 is 6.09 Å². The van der Waals surface area contributed by atoms with Crippen molar-refractivity contribution in [2.75, 3.05) is 7.11 Å². The highest BCUT2D eigenvalue weighted by molar-refractivity contribution is 9.10. The van der Waals surface area contributed by atoms with Crippen LogP contribution in [-0.2, 0) is 11.3 Å². The van der Waals surface area contributed by atoms with Crippen molar-refractivity contribution < 1.29 is 14.3 Å². The summed E-state index contributed by atoms with van der Waals surface area (Å²) in [5.74, 6) is 0.653. The van der Waals surface area contributed by atoms with Gasteiger partial charge in [-0.25, -0.2) is 4.79 Å². The Kier molecular flexibility index (Phi) is 3.76. The Morgan fingerprint density at radius 3 is 2.86 bits per heavy atom. The van der Waals surface area contributed by atoms with E-state index in [4.69, 9.17) is 10.5 Å². The van der Waals surface area contributed by atoms with Gasteiger partial charge in [-0.05, 0) is 12.1 Å². The molecule has 0 bridgehead atoms. The maximum absolute atomic E-state index is 10.4. The average Bonchev–Trinajstić information content (AvgIpc) is 2.15. The fraction of sp³-hybridized carbons (Fsp3) is 0.222. The largest absolute Gasteiger partial charge is 0.496 e. The van der Waals surface area contributed by atoms with Crippen molar-refractivity contribution in [1.29, 1.82) is 0 Å². The summed E-state index contributed by atoms with van der Waals surface area (Å²) >= 11 is 3.30. The zero-order chi connectivity index (χ0) is 10.6. The first-order chi connectivity index (χ1) is 6.63. The van der Waals surface area contributed by atoms with Gasteiger partial charge in [0.15, 0.2) is 0 Å². The molecule has 76 valence electrons. The molecule has 1 amide bonds. The summed E-state index contributed by atoms with van der Waals surface area (Å²) in [6.45, 7) is 0.117. The second kappa shape index (κ2) is 4.85. The van der Waals surface area contributed by atoms with Crippen molar-refractivity contribution in [2.24, 2.45) is 5.73 Å². The quantitative estimate of drug-likeness (QED) is 0.904. The van der Waals surface area contributed by atoms with Gasteiger partial charge in [0.2, 0.25) is 0 Å². The molecule has 14 heavy (non-hydrogen) atoms. The van der Waals surface area contributed by atoms with Crippen LogP contribution in [-0.4, -0.2) is 13.2 Å². The van der Waals surface area contributed by atoms with Crippen LogP contribution in [0.2, 0.25) is 0 Å². The van der Waals surface area contributed by atoms with Crippen LogP contribution in [0.15, 0.2) is 22.7 Å². The number of primary amides is 1. The molecule has 0 spiro atoms. The maximum atomic E-state index is 10.4. The van der Waals surface area contributed by atoms with Gasteiger partial charge in [-0.2, -0.15) is 0 Å². The van der Waals surface area contributed by atoms with Gasteiger partial charge < -0.3 is 15.2 Å². The van der Waals surface area contributed by atoms with Crippen LogP contribution in [0, 0.1) is 0 Å². The lowest BCUT2D eigenvalue weighted by Crippen LogP contribution is -2.12. The molecule has 1 aromatic carbocycles. The van der Waals surface area contributed by atoms with Gasteiger partial charge in [-0.3, -0.25) is 0 Å². The van der Waals surface area contributed by atoms with E-state index in [1.165, 1.54) is 0 Å². The second-order valence-electron chi connectivity index (χ2n) is 2.56. The first-order valence-corrected chi connectivity index (χ1v) is 4.67. The third-order valence-corrected chi connectivity index (χ3v) is 2.11. The Bertz CT molecular complexity index is 341. The van der Waals surface area contributed by atoms with Gasteiger partial charge in [0, 0.05) is 10.0 Å². The molecule has 1 aromatic rings. The zero-order valence-corrected chi connectivity index (χ0v) is 9.21. The molecule has 4 nitrogen and oxygen atoms in total. The fourth-order valence-electron chi connectivity index (χ4n) is 0.987. The molecule has 5 heteroatoms. The van der Waals surface area contributed by atoms with Crippen molar-refractivity contribution in [3.05, 3.63) is 28.2 Å². The molecular formula is C9H10BrNO3. The van der Waals surface area contributed by atoms with Crippen LogP contribution in [0.1, 0.15) is 5.56 Å². The molecule has 1 rings (SSSR count). The predicted octanol–water partition coefficient (Wildman–Crippen LogP) is 2.05. The number of hydrogen-bond acceptors (Lipinski definition) is 3. The molecule has 0 unspecified atom stereocenters. The fourth-order valence-corrected chi connectivity index (χ4v) is 1.33. The highest BCUT2D eigenvalue weighted by atomic mass is 79.9. The minimum Gasteiger partial charge on any atom is -0.496 e. The first-order valence-electron chi connectivity index (χ1n) is 3.88. The minimum atomic E-state index is -0.796. The number of amides is 1. The lowest BCUT2D eigenvalue weighted by molar-refractivity contribution is 0.149. The van der Waals surface area contributed by atoms with Crippen LogP contribution in [0.25, 0.3) is 0 Å². The van der Waals surface area contributed by atoms with Crippen LogP contribution in [0.4, 0.5) is 4.79 Å². The number of carbonyl (C=O) groups is 1. The monoisotopic (exact) mass is 259 g/mol. The normalized spacial score (nSPS) is 9.57. The molecule has 0 saturated carbocycles. The van der Waals surface area contributed by atoms with Gasteiger partial charge in [0.05, 0.1) is 7.11 Å². The summed E-state index contributed by atoms with van der Waals surface area (Å²) in [6, 6.07) is 5.42. The molecule has 0 aliphatic carbocycles. The number of halogens is 1. The highest BCUT2D eigenvalue weighted by Crippen LogP contribution is 2.23. The van der Waals surface area contributed by atoms with Crippen LogP contribution in [0.5, 0.6) is 5.75 Å². The van der Waals surface area contributed by atoms with Crippen molar-refractivity contribution in [3.8, 4) is 5.75 Å². The Morgan fingerprint density at radius 2 is 2.29 bits per heavy atom. The molecular weight excluding hydrogens is 250 g/mol. The van der Waals surface area contributed by atoms with E-state index in [1.807, 2.05) is 6.07 Å². The summed E-state index contributed by atoms with van der Waals surface area (Å²) in [6.07, 6.45) is -0.796. The molecule has 2 N–H and O–H groups in total. The SMILES string of the molecule is COc1cc(Br)ccc1COC(N)=O. The lowest BCUT2D eigenvalue weighted by Gasteiger charge is -2.08. The van der Waals surface area contributed by atoms with E-state index in [1.54, 1.807) is 19.2 Å². The Labute approximate surface area is 90.1 Å². The van der Waals surface area contributed by atoms with E-state index >= 15 is 0 Å². The van der Waals surface area contributed by atoms with Crippen LogP contribution < -0.4 is 10.5 Å². The van der Waals surface area contributed by atoms with Gasteiger partial charge in [-0.1, -0.05) is 22.0 Å². The number of ether oxygens (including phenoxy) is 2. The van der Waals surface area contributed by atoms with E-state index in [0.717, 1.165) is 10.0 Å². The summed E-state index contributed by atoms with van der Waals surface area (Å²) in [5, 5.41) is 0. The van der Waals surface area contributed by atoms with E-state index in [9.17, 15) is 4.79 Å². The molecule has 0 radical (unpaired) electrons. The summed E-state index contributed by atoms with van der Waals surface area (Å²) in [7, 11) is 1.55. The number of benzene rings is 1. The third-order valence-electron chi connectivity index (χ3n) is 1.62. The second-order valence-corrected chi connectivity index (χ2v) is 3.48. The van der Waals surface area contributed by atoms with Crippen molar-refractivity contribution in [3.63, 3.8) is 0 Å². The number of hydrogen-bond donors (Lipinski definition) is 1. The summed E-state index contributed by atoms with van der Waals surface area (Å²) in [5.41, 5.74) is 5.62. The Hall–Kier alpha value is -1.23. The molecule has 0 atom stereocenters. The van der Waals surface area contributed by atoms with Gasteiger partial charge in [-0.15, -0.1) is 0 Å². The summed E-state index contributed by atoms with van der Waals surface area (Å²) < 4.78 is 10.7. The van der Waals surface area contributed by atoms with Gasteiger partial charge in [0.1, 0.15) is 12.4 Å². The van der Waals surface area contributed by atoms with E-state index in [-0.39, 0.29) is 6.61 Å². The maximum Gasteiger partial charge on any atom is 0.404 e. The van der Waals surface area contributed by atoms with E-state index in [0.29, 0.717) is 5.75 Å². The van der Waals surface area contributed by atoms with Crippen LogP contribution >= 0.6 is 15.9 Å². The molecule has 0 aliphatic heterocycles. The number of carbonyl (C=O) groups excluding carboxylic acids is 1. The molecule has 0 fully saturated rings. The van der Waals surface area contributed by atoms with Crippen molar-refractivity contribution in [2.45, 2.75) is 6.61 Å². The molecule has 0 heterocycles. The highest BCUT2D eigenvalue weighted by Gasteiger charge is 2.05. The van der Waals surface area contributed by atoms with Gasteiger partial charge in [0.25, 0.3) is 0 Å². The smallest absolute Gasteiger partial charge is 0.404 e. The molecule has 0 aliphatic rings. The van der Waals surface area contributed by atoms with Crippen molar-refractivity contribution >= 4 is 22.0 Å². The topological polar surface area (TPSA) is 61.6 Å². The standard InChI is InChI=1S/C9H10BrNO3/c1-13-8-4-7(10)3-2-6(8)5-14-9(11)12/h2-4H,5H2,1H3,(H2,11,12). The zero-order valence-electron chi connectivity index (χ0n) is 7.62. The first kappa shape index (κ1) is 10.8. The Morgan fingerprint density at radius 1 is 1.57 bits per heavy atom. The number of nitrogens with two attached hydrogens (primary N) is 1. The van der Waals surface area contributed by atoms with Crippen LogP contribution in [0.3, 0.4) is 0 Å². The predicted molar refractivity (Wildman–Crippen MR) is 55.1 cm³/mol. The average molecular weight is 260 g/mol. The number of methoxy groups -OCH3 is 1. The Balaban J connectivity index is 2.80. The lowest BCUT2D eigenvalue weighted by atomic mass is 10.2.